The van der Waals surface area contributed by atoms with E-state index in [0.717, 1.165) is 65.4 Å². The number of pyridine rings is 2. The van der Waals surface area contributed by atoms with Gasteiger partial charge in [0.1, 0.15) is 5.82 Å². The molecule has 1 aliphatic heterocycles. The quantitative estimate of drug-likeness (QED) is 0.371. The van der Waals surface area contributed by atoms with Crippen molar-refractivity contribution in [2.75, 3.05) is 36.4 Å². The molecule has 0 atom stereocenters. The predicted octanol–water partition coefficient (Wildman–Crippen LogP) is 5.46. The number of piperazine rings is 1. The summed E-state index contributed by atoms with van der Waals surface area (Å²) in [6.45, 7) is 3.95. The lowest BCUT2D eigenvalue weighted by atomic mass is 10.0. The van der Waals surface area contributed by atoms with Crippen molar-refractivity contribution in [3.8, 4) is 16.9 Å². The molecule has 32 heavy (non-hydrogen) atoms. The van der Waals surface area contributed by atoms with Crippen LogP contribution in [0.3, 0.4) is 0 Å². The molecule has 0 radical (unpaired) electrons. The molecule has 162 valence electrons. The molecule has 1 saturated heterocycles. The number of nitrogens with zero attached hydrogens (tertiary/aromatic N) is 3. The van der Waals surface area contributed by atoms with Crippen molar-refractivity contribution in [2.24, 2.45) is 0 Å². The van der Waals surface area contributed by atoms with Gasteiger partial charge in [-0.2, -0.15) is 0 Å². The number of benzene rings is 2. The number of hydrogen-bond acceptors (Lipinski definition) is 6. The smallest absolute Gasteiger partial charge is 0.152 e. The van der Waals surface area contributed by atoms with Crippen LogP contribution < -0.4 is 15.5 Å². The van der Waals surface area contributed by atoms with Gasteiger partial charge < -0.3 is 20.6 Å². The van der Waals surface area contributed by atoms with Gasteiger partial charge in [0.05, 0.1) is 33.1 Å². The zero-order valence-corrected chi connectivity index (χ0v) is 18.7. The zero-order chi connectivity index (χ0) is 22.1. The van der Waals surface area contributed by atoms with Crippen molar-refractivity contribution >= 4 is 51.3 Å². The Labute approximate surface area is 195 Å². The standard InChI is InChI=1S/C24H21Cl2N5O/c25-19-12-16(13-20(26)24(19)32)15-1-3-21-18(11-15)22(5-6-28-21)30-23-4-2-17(14-29-23)31-9-7-27-8-10-31/h1-6,11-14,27,32H,7-10H2,(H,28,29,30). The molecule has 5 rings (SSSR count). The Morgan fingerprint density at radius 3 is 2.41 bits per heavy atom. The average Bonchev–Trinajstić information content (AvgIpc) is 2.83. The Morgan fingerprint density at radius 2 is 1.69 bits per heavy atom. The maximum Gasteiger partial charge on any atom is 0.152 e. The van der Waals surface area contributed by atoms with E-state index in [9.17, 15) is 5.11 Å². The molecule has 0 spiro atoms. The second-order valence-electron chi connectivity index (χ2n) is 7.64. The first-order valence-corrected chi connectivity index (χ1v) is 11.1. The van der Waals surface area contributed by atoms with Gasteiger partial charge in [-0.3, -0.25) is 4.98 Å². The fourth-order valence-electron chi connectivity index (χ4n) is 3.88. The summed E-state index contributed by atoms with van der Waals surface area (Å²) in [6, 6.07) is 15.3. The van der Waals surface area contributed by atoms with E-state index in [1.165, 1.54) is 0 Å². The van der Waals surface area contributed by atoms with Crippen LogP contribution in [0.1, 0.15) is 0 Å². The number of aromatic nitrogens is 2. The molecule has 0 saturated carbocycles. The van der Waals surface area contributed by atoms with Crippen LogP contribution in [0.5, 0.6) is 5.75 Å². The topological polar surface area (TPSA) is 73.3 Å². The van der Waals surface area contributed by atoms with E-state index in [0.29, 0.717) is 0 Å². The van der Waals surface area contributed by atoms with Crippen LogP contribution in [0.15, 0.2) is 60.9 Å². The minimum atomic E-state index is -0.114. The first-order chi connectivity index (χ1) is 15.6. The lowest BCUT2D eigenvalue weighted by molar-refractivity contribution is 0.476. The highest BCUT2D eigenvalue weighted by molar-refractivity contribution is 6.37. The summed E-state index contributed by atoms with van der Waals surface area (Å²) in [5, 5.41) is 18.0. The normalized spacial score (nSPS) is 14.0. The predicted molar refractivity (Wildman–Crippen MR) is 131 cm³/mol. The van der Waals surface area contributed by atoms with Gasteiger partial charge in [-0.1, -0.05) is 29.3 Å². The number of phenols is 1. The molecule has 8 heteroatoms. The fraction of sp³-hybridized carbons (Fsp3) is 0.167. The highest BCUT2D eigenvalue weighted by Crippen LogP contribution is 2.37. The summed E-state index contributed by atoms with van der Waals surface area (Å²) in [6.07, 6.45) is 3.68. The van der Waals surface area contributed by atoms with Crippen LogP contribution in [-0.4, -0.2) is 41.3 Å². The SMILES string of the molecule is Oc1c(Cl)cc(-c2ccc3nccc(Nc4ccc(N5CCNCC5)cn4)c3c2)cc1Cl. The summed E-state index contributed by atoms with van der Waals surface area (Å²) in [5.74, 6) is 0.648. The monoisotopic (exact) mass is 465 g/mol. The molecular formula is C24H21Cl2N5O. The molecule has 2 aromatic heterocycles. The number of anilines is 3. The summed E-state index contributed by atoms with van der Waals surface area (Å²) in [7, 11) is 0. The fourth-order valence-corrected chi connectivity index (χ4v) is 4.36. The van der Waals surface area contributed by atoms with E-state index in [2.05, 4.69) is 31.6 Å². The summed E-state index contributed by atoms with van der Waals surface area (Å²) in [4.78, 5) is 11.4. The van der Waals surface area contributed by atoms with Crippen molar-refractivity contribution in [1.29, 1.82) is 0 Å². The third-order valence-corrected chi connectivity index (χ3v) is 6.16. The number of phenolic OH excluding ortho intramolecular Hbond substituents is 1. The molecule has 0 bridgehead atoms. The van der Waals surface area contributed by atoms with Crippen molar-refractivity contribution in [3.63, 3.8) is 0 Å². The Kier molecular flexibility index (Phi) is 5.74. The average molecular weight is 466 g/mol. The van der Waals surface area contributed by atoms with Crippen LogP contribution in [0.25, 0.3) is 22.0 Å². The van der Waals surface area contributed by atoms with E-state index >= 15 is 0 Å². The highest BCUT2D eigenvalue weighted by atomic mass is 35.5. The molecule has 3 N–H and O–H groups in total. The maximum absolute atomic E-state index is 9.86. The molecule has 0 aliphatic carbocycles. The molecule has 3 heterocycles. The van der Waals surface area contributed by atoms with Crippen LogP contribution in [0.4, 0.5) is 17.2 Å². The number of halogens is 2. The van der Waals surface area contributed by atoms with E-state index in [4.69, 9.17) is 23.2 Å². The molecule has 4 aromatic rings. The molecule has 0 amide bonds. The molecule has 0 unspecified atom stereocenters. The van der Waals surface area contributed by atoms with Crippen molar-refractivity contribution in [3.05, 3.63) is 71.0 Å². The Bertz CT molecular complexity index is 1250. The molecule has 6 nitrogen and oxygen atoms in total. The molecule has 1 fully saturated rings. The minimum Gasteiger partial charge on any atom is -0.505 e. The first kappa shape index (κ1) is 20.8. The third kappa shape index (κ3) is 4.17. The molecular weight excluding hydrogens is 445 g/mol. The van der Waals surface area contributed by atoms with Crippen LogP contribution >= 0.6 is 23.2 Å². The van der Waals surface area contributed by atoms with Gasteiger partial charge in [-0.25, -0.2) is 4.98 Å². The van der Waals surface area contributed by atoms with Gasteiger partial charge in [0.15, 0.2) is 5.75 Å². The lowest BCUT2D eigenvalue weighted by Gasteiger charge is -2.29. The largest absolute Gasteiger partial charge is 0.505 e. The Morgan fingerprint density at radius 1 is 0.906 bits per heavy atom. The van der Waals surface area contributed by atoms with E-state index in [1.807, 2.05) is 36.5 Å². The van der Waals surface area contributed by atoms with Gasteiger partial charge in [0.2, 0.25) is 0 Å². The van der Waals surface area contributed by atoms with Gasteiger partial charge in [-0.15, -0.1) is 0 Å². The highest BCUT2D eigenvalue weighted by Gasteiger charge is 2.12. The number of aromatic hydroxyl groups is 1. The van der Waals surface area contributed by atoms with Gasteiger partial charge in [0.25, 0.3) is 0 Å². The van der Waals surface area contributed by atoms with Gasteiger partial charge in [0, 0.05) is 37.8 Å². The maximum atomic E-state index is 9.86. The van der Waals surface area contributed by atoms with Crippen LogP contribution in [0, 0.1) is 0 Å². The minimum absolute atomic E-state index is 0.114. The van der Waals surface area contributed by atoms with Crippen molar-refractivity contribution < 1.29 is 5.11 Å². The summed E-state index contributed by atoms with van der Waals surface area (Å²) in [5.41, 5.74) is 4.61. The van der Waals surface area contributed by atoms with Crippen molar-refractivity contribution in [1.82, 2.24) is 15.3 Å². The van der Waals surface area contributed by atoms with Crippen molar-refractivity contribution in [2.45, 2.75) is 0 Å². The zero-order valence-electron chi connectivity index (χ0n) is 17.1. The first-order valence-electron chi connectivity index (χ1n) is 10.3. The number of rotatable bonds is 4. The lowest BCUT2D eigenvalue weighted by Crippen LogP contribution is -2.43. The van der Waals surface area contributed by atoms with Gasteiger partial charge >= 0.3 is 0 Å². The number of fused-ring (bicyclic) bond motifs is 1. The Balaban J connectivity index is 1.46. The summed E-state index contributed by atoms with van der Waals surface area (Å²) >= 11 is 12.2. The third-order valence-electron chi connectivity index (χ3n) is 5.58. The van der Waals surface area contributed by atoms with E-state index < -0.39 is 0 Å². The van der Waals surface area contributed by atoms with E-state index in [-0.39, 0.29) is 15.8 Å². The summed E-state index contributed by atoms with van der Waals surface area (Å²) < 4.78 is 0. The number of hydrogen-bond donors (Lipinski definition) is 3. The molecule has 2 aromatic carbocycles. The van der Waals surface area contributed by atoms with Crippen LogP contribution in [-0.2, 0) is 0 Å². The molecule has 1 aliphatic rings. The van der Waals surface area contributed by atoms with E-state index in [1.54, 1.807) is 18.3 Å². The second kappa shape index (κ2) is 8.82. The van der Waals surface area contributed by atoms with Gasteiger partial charge in [-0.05, 0) is 53.6 Å². The number of nitrogens with one attached hydrogen (secondary N) is 2. The second-order valence-corrected chi connectivity index (χ2v) is 8.46. The Hall–Kier alpha value is -3.06. The van der Waals surface area contributed by atoms with Crippen LogP contribution in [0.2, 0.25) is 10.0 Å².